The predicted octanol–water partition coefficient (Wildman–Crippen LogP) is 1.35. The highest BCUT2D eigenvalue weighted by Crippen LogP contribution is 2.28. The average molecular weight is 318 g/mol. The van der Waals surface area contributed by atoms with E-state index in [0.717, 1.165) is 49.7 Å². The van der Waals surface area contributed by atoms with Crippen molar-refractivity contribution in [1.29, 1.82) is 0 Å². The Morgan fingerprint density at radius 1 is 1.32 bits per heavy atom. The molecule has 1 aliphatic rings. The van der Waals surface area contributed by atoms with Crippen LogP contribution >= 0.6 is 11.3 Å². The van der Waals surface area contributed by atoms with Gasteiger partial charge in [0.05, 0.1) is 10.7 Å². The molecule has 2 aromatic heterocycles. The van der Waals surface area contributed by atoms with Gasteiger partial charge in [0.15, 0.2) is 0 Å². The summed E-state index contributed by atoms with van der Waals surface area (Å²) in [5.74, 6) is -0.919. The van der Waals surface area contributed by atoms with E-state index in [1.165, 1.54) is 11.3 Å². The molecule has 7 heteroatoms. The predicted molar refractivity (Wildman–Crippen MR) is 85.3 cm³/mol. The molecule has 1 aliphatic heterocycles. The molecule has 2 aromatic rings. The smallest absolute Gasteiger partial charge is 0.348 e. The number of carboxylic acids is 1. The van der Waals surface area contributed by atoms with Gasteiger partial charge in [-0.2, -0.15) is 0 Å². The minimum absolute atomic E-state index is 0.307. The van der Waals surface area contributed by atoms with Gasteiger partial charge in [-0.05, 0) is 12.1 Å². The zero-order chi connectivity index (χ0) is 15.4. The van der Waals surface area contributed by atoms with Crippen LogP contribution < -0.4 is 5.32 Å². The zero-order valence-electron chi connectivity index (χ0n) is 12.2. The Kier molecular flexibility index (Phi) is 4.77. The molecule has 0 spiro atoms. The van der Waals surface area contributed by atoms with Gasteiger partial charge in [-0.3, -0.25) is 4.98 Å². The van der Waals surface area contributed by atoms with Crippen molar-refractivity contribution >= 4 is 17.3 Å². The van der Waals surface area contributed by atoms with Crippen LogP contribution in [0.3, 0.4) is 0 Å². The number of hydrogen-bond acceptors (Lipinski definition) is 6. The van der Waals surface area contributed by atoms with E-state index in [1.807, 2.05) is 0 Å². The van der Waals surface area contributed by atoms with Gasteiger partial charge in [-0.25, -0.2) is 9.78 Å². The molecular formula is C15H18N4O2S. The van der Waals surface area contributed by atoms with Crippen LogP contribution in [0.15, 0.2) is 24.5 Å². The molecular weight excluding hydrogens is 300 g/mol. The van der Waals surface area contributed by atoms with E-state index in [0.29, 0.717) is 10.6 Å². The van der Waals surface area contributed by atoms with Gasteiger partial charge in [0.25, 0.3) is 0 Å². The lowest BCUT2D eigenvalue weighted by molar-refractivity contribution is 0.0702. The third-order valence-electron chi connectivity index (χ3n) is 3.67. The molecule has 0 aromatic carbocycles. The van der Waals surface area contributed by atoms with Gasteiger partial charge in [0.1, 0.15) is 4.88 Å². The number of hydrogen-bond donors (Lipinski definition) is 2. The number of carbonyl (C=O) groups is 1. The van der Waals surface area contributed by atoms with Crippen molar-refractivity contribution in [2.24, 2.45) is 0 Å². The fourth-order valence-electron chi connectivity index (χ4n) is 2.51. The topological polar surface area (TPSA) is 78.4 Å². The summed E-state index contributed by atoms with van der Waals surface area (Å²) in [5, 5.41) is 13.6. The van der Waals surface area contributed by atoms with Gasteiger partial charge in [-0.15, -0.1) is 11.3 Å². The van der Waals surface area contributed by atoms with Gasteiger partial charge < -0.3 is 15.3 Å². The molecule has 0 atom stereocenters. The Bertz CT molecular complexity index is 638. The largest absolute Gasteiger partial charge is 0.477 e. The van der Waals surface area contributed by atoms with E-state index in [4.69, 9.17) is 0 Å². The van der Waals surface area contributed by atoms with E-state index in [9.17, 15) is 9.90 Å². The monoisotopic (exact) mass is 318 g/mol. The van der Waals surface area contributed by atoms with Crippen LogP contribution in [0.5, 0.6) is 0 Å². The van der Waals surface area contributed by atoms with E-state index < -0.39 is 5.97 Å². The number of pyridine rings is 1. The van der Waals surface area contributed by atoms with Crippen LogP contribution in [-0.4, -0.2) is 58.7 Å². The number of aromatic carboxylic acids is 1. The molecule has 0 aliphatic carbocycles. The summed E-state index contributed by atoms with van der Waals surface area (Å²) < 4.78 is 0. The van der Waals surface area contributed by atoms with E-state index in [1.54, 1.807) is 24.5 Å². The highest BCUT2D eigenvalue weighted by Gasteiger charge is 2.19. The second kappa shape index (κ2) is 6.95. The summed E-state index contributed by atoms with van der Waals surface area (Å²) >= 11 is 1.28. The summed E-state index contributed by atoms with van der Waals surface area (Å²) in [4.78, 5) is 22.7. The summed E-state index contributed by atoms with van der Waals surface area (Å²) in [6, 6.07) is 3.59. The molecule has 0 saturated carbocycles. The number of nitrogens with one attached hydrogen (secondary N) is 1. The first-order chi connectivity index (χ1) is 10.7. The Labute approximate surface area is 132 Å². The fraction of sp³-hybridized carbons (Fsp3) is 0.400. The summed E-state index contributed by atoms with van der Waals surface area (Å²) in [7, 11) is 0. The minimum atomic E-state index is -0.919. The van der Waals surface area contributed by atoms with Crippen molar-refractivity contribution in [2.45, 2.75) is 6.42 Å². The van der Waals surface area contributed by atoms with Gasteiger partial charge in [-0.1, -0.05) is 0 Å². The van der Waals surface area contributed by atoms with Crippen LogP contribution in [0.2, 0.25) is 0 Å². The van der Waals surface area contributed by atoms with Gasteiger partial charge in [0.2, 0.25) is 0 Å². The number of aromatic nitrogens is 2. The Balaban J connectivity index is 1.76. The van der Waals surface area contributed by atoms with Crippen LogP contribution in [0.4, 0.5) is 0 Å². The fourth-order valence-corrected chi connectivity index (χ4v) is 3.42. The van der Waals surface area contributed by atoms with Crippen molar-refractivity contribution in [3.05, 3.63) is 34.4 Å². The van der Waals surface area contributed by atoms with Crippen molar-refractivity contribution in [3.8, 4) is 11.3 Å². The number of rotatable bonds is 5. The molecule has 22 heavy (non-hydrogen) atoms. The second-order valence-electron chi connectivity index (χ2n) is 5.17. The Hall–Kier alpha value is -1.83. The highest BCUT2D eigenvalue weighted by atomic mass is 32.1. The third-order valence-corrected chi connectivity index (χ3v) is 4.77. The first-order valence-electron chi connectivity index (χ1n) is 7.30. The maximum Gasteiger partial charge on any atom is 0.348 e. The maximum absolute atomic E-state index is 11.5. The highest BCUT2D eigenvalue weighted by molar-refractivity contribution is 7.14. The summed E-state index contributed by atoms with van der Waals surface area (Å²) in [5.41, 5.74) is 1.35. The molecule has 0 radical (unpaired) electrons. The van der Waals surface area contributed by atoms with E-state index >= 15 is 0 Å². The van der Waals surface area contributed by atoms with Crippen LogP contribution in [0.25, 0.3) is 11.3 Å². The standard InChI is InChI=1S/C15H18N4O2S/c20-15(21)14-13(11-1-4-16-5-2-11)18-12(22-14)3-8-19-9-6-17-7-10-19/h1-2,4-5,17H,3,6-10H2,(H,20,21). The lowest BCUT2D eigenvalue weighted by Crippen LogP contribution is -2.44. The Morgan fingerprint density at radius 2 is 2.05 bits per heavy atom. The number of nitrogens with zero attached hydrogens (tertiary/aromatic N) is 3. The van der Waals surface area contributed by atoms with Crippen LogP contribution in [-0.2, 0) is 6.42 Å². The lowest BCUT2D eigenvalue weighted by Gasteiger charge is -2.26. The summed E-state index contributed by atoms with van der Waals surface area (Å²) in [6.45, 7) is 5.02. The molecule has 1 saturated heterocycles. The average Bonchev–Trinajstić information content (AvgIpc) is 2.99. The molecule has 3 rings (SSSR count). The molecule has 0 amide bonds. The maximum atomic E-state index is 11.5. The van der Waals surface area contributed by atoms with Gasteiger partial charge >= 0.3 is 5.97 Å². The van der Waals surface area contributed by atoms with Crippen LogP contribution in [0.1, 0.15) is 14.7 Å². The molecule has 116 valence electrons. The summed E-state index contributed by atoms with van der Waals surface area (Å²) in [6.07, 6.45) is 4.09. The number of thiazole rings is 1. The van der Waals surface area contributed by atoms with Crippen molar-refractivity contribution in [1.82, 2.24) is 20.2 Å². The quantitative estimate of drug-likeness (QED) is 0.866. The Morgan fingerprint density at radius 3 is 2.73 bits per heavy atom. The van der Waals surface area contributed by atoms with Gasteiger partial charge in [0, 0.05) is 57.1 Å². The molecule has 0 bridgehead atoms. The first-order valence-corrected chi connectivity index (χ1v) is 8.12. The zero-order valence-corrected chi connectivity index (χ0v) is 13.0. The molecule has 1 fully saturated rings. The molecule has 3 heterocycles. The van der Waals surface area contributed by atoms with E-state index in [-0.39, 0.29) is 0 Å². The number of piperazine rings is 1. The SMILES string of the molecule is O=C(O)c1sc(CCN2CCNCC2)nc1-c1ccncc1. The molecule has 0 unspecified atom stereocenters. The van der Waals surface area contributed by atoms with Crippen molar-refractivity contribution < 1.29 is 9.90 Å². The van der Waals surface area contributed by atoms with E-state index in [2.05, 4.69) is 20.2 Å². The molecule has 2 N–H and O–H groups in total. The third kappa shape index (κ3) is 3.49. The minimum Gasteiger partial charge on any atom is -0.477 e. The molecule has 6 nitrogen and oxygen atoms in total. The van der Waals surface area contributed by atoms with Crippen LogP contribution in [0, 0.1) is 0 Å². The van der Waals surface area contributed by atoms with Crippen molar-refractivity contribution in [3.63, 3.8) is 0 Å². The lowest BCUT2D eigenvalue weighted by atomic mass is 10.2. The number of carboxylic acid groups (broad SMARTS) is 1. The second-order valence-corrected chi connectivity index (χ2v) is 6.25. The normalized spacial score (nSPS) is 15.8. The first kappa shape index (κ1) is 15.1. The van der Waals surface area contributed by atoms with Crippen molar-refractivity contribution in [2.75, 3.05) is 32.7 Å².